The monoisotopic (exact) mass is 1740 g/mol. The smallest absolute Gasteiger partial charge is 1.00 e. The van der Waals surface area contributed by atoms with E-state index < -0.39 is 20.1 Å². The summed E-state index contributed by atoms with van der Waals surface area (Å²) in [5.41, 5.74) is 30.7. The molecule has 122 heavy (non-hydrogen) atoms. The second kappa shape index (κ2) is 33.8. The zero-order chi connectivity index (χ0) is 93.0. The first-order valence-corrected chi connectivity index (χ1v) is 45.5. The normalized spacial score (nSPS) is 14.2. The van der Waals surface area contributed by atoms with Crippen molar-refractivity contribution in [1.82, 2.24) is 91.8 Å². The SMILES string of the molecule is CC(C)(C)c1n[nH]c(C(C)(C)C)c1[BH-](c1c(C(C)(C)C)n[nH]c1C(C)(C)C)c1c(C(C)(C)C)n[nH]c1C(C)(C)C.CC(C)(C)c1n[nH]c(C(C)(C)C)c1[BH-](c1c(C(C)(C)C)n[nH]c1C(C)(C)C)c1c(C(C)(C)C)n[nH]c1C(C)(C)C.CC(C)(C)c1n[nH]c(C(C)(C)C)c1[BH-](c1c(C(C)(C)C)n[nH]c1C(C)(C)C)c1c(C(C)(C)C)n[nH]c1C(C)(C)C.[Cl-].[Fe+3]. The fraction of sp³-hybridized carbons (Fsp3) is 0.727. The molecule has 0 aliphatic heterocycles. The van der Waals surface area contributed by atoms with Crippen molar-refractivity contribution in [2.45, 2.75) is 471 Å². The van der Waals surface area contributed by atoms with Gasteiger partial charge >= 0.3 is 17.1 Å². The third-order valence-corrected chi connectivity index (χ3v) is 24.1. The van der Waals surface area contributed by atoms with Crippen LogP contribution < -0.4 is 61.6 Å². The maximum Gasteiger partial charge on any atom is 3.00 e. The summed E-state index contributed by atoms with van der Waals surface area (Å²) in [7, 11) is 0. The van der Waals surface area contributed by atoms with Crippen molar-refractivity contribution in [1.29, 1.82) is 0 Å². The summed E-state index contributed by atoms with van der Waals surface area (Å²) in [5.74, 6) is 0. The summed E-state index contributed by atoms with van der Waals surface area (Å²) >= 11 is 0. The number of hydrogen-bond donors (Lipinski definition) is 9. The van der Waals surface area contributed by atoms with Crippen LogP contribution in [0.2, 0.25) is 0 Å². The standard InChI is InChI=1S/3C33H58BN6.ClH.Fe/c3*1-28(2,3)22-19(23(36-35-22)29(4,5)6)34(20-24(30(7,8)9)37-38-25(20)31(10,11)12)21-26(32(13,14)15)39-40-27(21)33(16,17)18;;/h3*34H,1-18H3,(H,35,36)(H,37,38)(H,39,40);1H;/q3*-1;;+3/p-1. The van der Waals surface area contributed by atoms with Crippen molar-refractivity contribution in [3.05, 3.63) is 102 Å². The molecule has 9 aromatic rings. The van der Waals surface area contributed by atoms with Crippen LogP contribution in [0.3, 0.4) is 0 Å². The Balaban J connectivity index is 0.000000323. The Morgan fingerprint density at radius 2 is 0.197 bits per heavy atom. The molecule has 0 aliphatic rings. The Morgan fingerprint density at radius 1 is 0.131 bits per heavy atom. The van der Waals surface area contributed by atoms with E-state index in [1.165, 1.54) is 100 Å². The average Bonchev–Trinajstić information content (AvgIpc) is 1.70. The van der Waals surface area contributed by atoms with Gasteiger partial charge < -0.3 is 12.4 Å². The molecule has 0 bridgehead atoms. The molecule has 1 radical (unpaired) electrons. The van der Waals surface area contributed by atoms with Crippen molar-refractivity contribution in [3.63, 3.8) is 0 Å². The molecule has 0 unspecified atom stereocenters. The van der Waals surface area contributed by atoms with Gasteiger partial charge in [-0.25, -0.2) is 0 Å². The summed E-state index contributed by atoms with van der Waals surface area (Å²) in [4.78, 5) is 0. The number of halogens is 1. The van der Waals surface area contributed by atoms with E-state index in [0.29, 0.717) is 0 Å². The van der Waals surface area contributed by atoms with Gasteiger partial charge in [-0.05, 0) is 0 Å². The fourth-order valence-corrected chi connectivity index (χ4v) is 19.1. The summed E-state index contributed by atoms with van der Waals surface area (Å²) in [6.07, 6.45) is 0. The van der Waals surface area contributed by atoms with Crippen molar-refractivity contribution >= 4 is 69.3 Å². The molecule has 0 saturated heterocycles. The molecule has 9 heterocycles. The number of aromatic amines is 9. The zero-order valence-electron chi connectivity index (χ0n) is 87.9. The van der Waals surface area contributed by atoms with Gasteiger partial charge in [0.25, 0.3) is 0 Å². The molecule has 9 N–H and O–H groups in total. The first kappa shape index (κ1) is 106. The Kier molecular flexibility index (Phi) is 29.5. The fourth-order valence-electron chi connectivity index (χ4n) is 19.1. The van der Waals surface area contributed by atoms with E-state index in [0.717, 1.165) is 51.2 Å². The number of H-pyrrole nitrogens is 9. The van der Waals surface area contributed by atoms with Crippen LogP contribution in [0.1, 0.15) is 476 Å². The van der Waals surface area contributed by atoms with E-state index in [9.17, 15) is 0 Å². The van der Waals surface area contributed by atoms with Crippen LogP contribution in [0, 0.1) is 0 Å². The maximum atomic E-state index is 5.10. The van der Waals surface area contributed by atoms with Crippen LogP contribution in [-0.4, -0.2) is 112 Å². The zero-order valence-corrected chi connectivity index (χ0v) is 89.7. The topological polar surface area (TPSA) is 258 Å². The van der Waals surface area contributed by atoms with Gasteiger partial charge in [-0.2, -0.15) is 95.1 Å². The summed E-state index contributed by atoms with van der Waals surface area (Å²) in [5, 5.41) is 78.0. The van der Waals surface area contributed by atoms with Gasteiger partial charge in [0.1, 0.15) is 0 Å². The Morgan fingerprint density at radius 3 is 0.246 bits per heavy atom. The van der Waals surface area contributed by atoms with Crippen LogP contribution in [0.15, 0.2) is 0 Å². The van der Waals surface area contributed by atoms with E-state index in [1.54, 1.807) is 0 Å². The Hall–Kier alpha value is -6.11. The Bertz CT molecular complexity index is 3760. The van der Waals surface area contributed by atoms with Crippen molar-refractivity contribution < 1.29 is 29.5 Å². The van der Waals surface area contributed by atoms with Gasteiger partial charge in [-0.3, -0.25) is 45.9 Å². The summed E-state index contributed by atoms with van der Waals surface area (Å²) in [6.45, 7) is 119. The third-order valence-electron chi connectivity index (χ3n) is 24.1. The third kappa shape index (κ3) is 22.3. The second-order valence-electron chi connectivity index (χ2n) is 54.9. The number of aromatic nitrogens is 18. The van der Waals surface area contributed by atoms with E-state index >= 15 is 0 Å². The maximum absolute atomic E-state index is 5.10. The molecule has 0 fully saturated rings. The van der Waals surface area contributed by atoms with Gasteiger partial charge in [0.05, 0.1) is 20.1 Å². The predicted octanol–water partition coefficient (Wildman–Crippen LogP) is 14.7. The van der Waals surface area contributed by atoms with Crippen LogP contribution in [0.4, 0.5) is 0 Å². The number of nitrogens with one attached hydrogen (secondary N) is 9. The van der Waals surface area contributed by atoms with Crippen LogP contribution in [-0.2, 0) is 115 Å². The molecular weight excluding hydrogens is 1560 g/mol. The van der Waals surface area contributed by atoms with Gasteiger partial charge in [-0.15, -0.1) is 0 Å². The van der Waals surface area contributed by atoms with Gasteiger partial charge in [0.2, 0.25) is 0 Å². The molecule has 0 aliphatic carbocycles. The average molecular weight is 1740 g/mol. The van der Waals surface area contributed by atoms with E-state index in [1.807, 2.05) is 0 Å². The Labute approximate surface area is 759 Å². The molecule has 9 aromatic heterocycles. The van der Waals surface area contributed by atoms with Crippen molar-refractivity contribution in [3.8, 4) is 0 Å². The second-order valence-corrected chi connectivity index (χ2v) is 54.9. The first-order valence-electron chi connectivity index (χ1n) is 45.5. The minimum Gasteiger partial charge on any atom is -1.00 e. The molecule has 0 atom stereocenters. The minimum atomic E-state index is -1.41. The van der Waals surface area contributed by atoms with Crippen molar-refractivity contribution in [2.75, 3.05) is 0 Å². The predicted molar refractivity (Wildman–Crippen MR) is 522 cm³/mol. The molecule has 0 aromatic carbocycles. The summed E-state index contributed by atoms with van der Waals surface area (Å²) in [6, 6.07) is 0. The molecular formula is C99H174B3ClFeN18-. The van der Waals surface area contributed by atoms with Gasteiger partial charge in [0.15, 0.2) is 0 Å². The molecule has 0 spiro atoms. The molecule has 0 amide bonds. The first-order chi connectivity index (χ1) is 53.0. The summed E-state index contributed by atoms with van der Waals surface area (Å²) < 4.78 is 0. The molecule has 685 valence electrons. The largest absolute Gasteiger partial charge is 3.00 e. The molecule has 18 nitrogen and oxygen atoms in total. The molecule has 9 rings (SSSR count). The minimum absolute atomic E-state index is 0. The molecule has 0 saturated carbocycles. The number of nitrogens with zero attached hydrogens (tertiary/aromatic N) is 9. The van der Waals surface area contributed by atoms with Gasteiger partial charge in [0, 0.05) is 200 Å². The van der Waals surface area contributed by atoms with Crippen LogP contribution in [0.25, 0.3) is 0 Å². The van der Waals surface area contributed by atoms with E-state index in [-0.39, 0.29) is 127 Å². The number of hydrogen-bond acceptors (Lipinski definition) is 9. The number of rotatable bonds is 9. The quantitative estimate of drug-likeness (QED) is 0.0622. The van der Waals surface area contributed by atoms with Crippen molar-refractivity contribution in [2.24, 2.45) is 0 Å². The van der Waals surface area contributed by atoms with E-state index in [4.69, 9.17) is 45.9 Å². The van der Waals surface area contributed by atoms with Crippen LogP contribution >= 0.6 is 0 Å². The molecule has 23 heteroatoms. The van der Waals surface area contributed by atoms with Gasteiger partial charge in [-0.1, -0.05) is 374 Å². The van der Waals surface area contributed by atoms with Crippen LogP contribution in [0.5, 0.6) is 0 Å². The van der Waals surface area contributed by atoms with E-state index in [2.05, 4.69) is 420 Å².